The number of amides is 1. The summed E-state index contributed by atoms with van der Waals surface area (Å²) in [4.78, 5) is 32.2. The first-order chi connectivity index (χ1) is 12.3. The number of hydrogen-bond donors (Lipinski definition) is 3. The molecule has 6 heteroatoms. The van der Waals surface area contributed by atoms with Crippen molar-refractivity contribution in [3.63, 3.8) is 0 Å². The highest BCUT2D eigenvalue weighted by Gasteiger charge is 2.19. The topological polar surface area (TPSA) is 101 Å². The van der Waals surface area contributed by atoms with Gasteiger partial charge in [-0.2, -0.15) is 0 Å². The van der Waals surface area contributed by atoms with Gasteiger partial charge in [0.25, 0.3) is 5.91 Å². The number of anilines is 2. The number of carbonyl (C=O) groups is 2. The Morgan fingerprint density at radius 1 is 1.08 bits per heavy atom. The number of benzene rings is 2. The van der Waals surface area contributed by atoms with Gasteiger partial charge < -0.3 is 10.7 Å². The molecule has 1 heterocycles. The predicted molar refractivity (Wildman–Crippen MR) is 103 cm³/mol. The minimum atomic E-state index is -0.305. The van der Waals surface area contributed by atoms with Crippen LogP contribution in [0.3, 0.4) is 0 Å². The Morgan fingerprint density at radius 3 is 2.54 bits per heavy atom. The normalized spacial score (nSPS) is 12.3. The van der Waals surface area contributed by atoms with Crippen molar-refractivity contribution in [3.05, 3.63) is 53.6 Å². The molecule has 0 aliphatic carbocycles. The maximum Gasteiger partial charge on any atom is 0.258 e. The third-order valence-corrected chi connectivity index (χ3v) is 4.56. The van der Waals surface area contributed by atoms with Crippen molar-refractivity contribution in [2.24, 2.45) is 11.8 Å². The van der Waals surface area contributed by atoms with Gasteiger partial charge in [-0.25, -0.2) is 4.98 Å². The van der Waals surface area contributed by atoms with Gasteiger partial charge in [0.05, 0.1) is 11.0 Å². The molecule has 1 aromatic heterocycles. The Morgan fingerprint density at radius 2 is 1.85 bits per heavy atom. The zero-order chi connectivity index (χ0) is 18.8. The van der Waals surface area contributed by atoms with Crippen molar-refractivity contribution < 1.29 is 9.59 Å². The van der Waals surface area contributed by atoms with Crippen LogP contribution < -0.4 is 11.1 Å². The summed E-state index contributed by atoms with van der Waals surface area (Å²) in [6.45, 7) is 5.99. The zero-order valence-electron chi connectivity index (χ0n) is 15.0. The van der Waals surface area contributed by atoms with E-state index in [9.17, 15) is 9.59 Å². The third-order valence-electron chi connectivity index (χ3n) is 4.56. The standard InChI is InChI=1S/C20H22N4O2/c1-11(2)12(3)18(25)13-7-8-16-17(10-13)23-20(22-16)24-19(26)14-5-4-6-15(21)9-14/h4-12H,21H2,1-3H3,(H2,22,23,24,26). The molecule has 4 N–H and O–H groups in total. The van der Waals surface area contributed by atoms with Crippen LogP contribution >= 0.6 is 0 Å². The number of carbonyl (C=O) groups excluding carboxylic acids is 2. The number of nitrogens with one attached hydrogen (secondary N) is 2. The lowest BCUT2D eigenvalue weighted by atomic mass is 9.90. The summed E-state index contributed by atoms with van der Waals surface area (Å²) >= 11 is 0. The molecule has 26 heavy (non-hydrogen) atoms. The number of hydrogen-bond acceptors (Lipinski definition) is 4. The number of nitrogens with zero attached hydrogens (tertiary/aromatic N) is 1. The van der Waals surface area contributed by atoms with Crippen LogP contribution in [0.25, 0.3) is 11.0 Å². The lowest BCUT2D eigenvalue weighted by molar-refractivity contribution is 0.0899. The Kier molecular flexibility index (Phi) is 4.75. The molecule has 2 aromatic carbocycles. The van der Waals surface area contributed by atoms with Crippen LogP contribution in [0.5, 0.6) is 0 Å². The number of Topliss-reactive ketones (excluding diaryl/α,β-unsaturated/α-hetero) is 1. The molecular weight excluding hydrogens is 328 g/mol. The molecule has 1 unspecified atom stereocenters. The molecule has 0 saturated carbocycles. The minimum Gasteiger partial charge on any atom is -0.399 e. The van der Waals surface area contributed by atoms with Crippen molar-refractivity contribution in [1.82, 2.24) is 9.97 Å². The van der Waals surface area contributed by atoms with E-state index in [-0.39, 0.29) is 23.5 Å². The summed E-state index contributed by atoms with van der Waals surface area (Å²) in [7, 11) is 0. The molecule has 6 nitrogen and oxygen atoms in total. The van der Waals surface area contributed by atoms with E-state index < -0.39 is 0 Å². The van der Waals surface area contributed by atoms with E-state index in [4.69, 9.17) is 5.73 Å². The Labute approximate surface area is 151 Å². The summed E-state index contributed by atoms with van der Waals surface area (Å²) < 4.78 is 0. The first-order valence-electron chi connectivity index (χ1n) is 8.56. The van der Waals surface area contributed by atoms with Crippen LogP contribution in [0.4, 0.5) is 11.6 Å². The molecule has 3 aromatic rings. The molecule has 0 saturated heterocycles. The first kappa shape index (κ1) is 17.7. The summed E-state index contributed by atoms with van der Waals surface area (Å²) in [6, 6.07) is 12.0. The van der Waals surface area contributed by atoms with Gasteiger partial charge in [-0.15, -0.1) is 0 Å². The fourth-order valence-corrected chi connectivity index (χ4v) is 2.65. The van der Waals surface area contributed by atoms with Crippen LogP contribution in [0.1, 0.15) is 41.5 Å². The van der Waals surface area contributed by atoms with Gasteiger partial charge in [-0.3, -0.25) is 14.9 Å². The maximum absolute atomic E-state index is 12.5. The summed E-state index contributed by atoms with van der Waals surface area (Å²) in [5, 5.41) is 2.72. The molecule has 1 amide bonds. The molecule has 0 fully saturated rings. The predicted octanol–water partition coefficient (Wildman–Crippen LogP) is 3.87. The van der Waals surface area contributed by atoms with Crippen LogP contribution in [0.15, 0.2) is 42.5 Å². The highest BCUT2D eigenvalue weighted by atomic mass is 16.1. The number of H-pyrrole nitrogens is 1. The molecule has 134 valence electrons. The molecule has 0 spiro atoms. The molecule has 0 aliphatic heterocycles. The van der Waals surface area contributed by atoms with E-state index in [0.717, 1.165) is 0 Å². The smallest absolute Gasteiger partial charge is 0.258 e. The second-order valence-corrected chi connectivity index (χ2v) is 6.79. The second-order valence-electron chi connectivity index (χ2n) is 6.79. The van der Waals surface area contributed by atoms with Gasteiger partial charge in [0.1, 0.15) is 0 Å². The number of fused-ring (bicyclic) bond motifs is 1. The maximum atomic E-state index is 12.5. The lowest BCUT2D eigenvalue weighted by Gasteiger charge is -2.13. The fraction of sp³-hybridized carbons (Fsp3) is 0.250. The van der Waals surface area contributed by atoms with Crippen LogP contribution in [-0.4, -0.2) is 21.7 Å². The molecule has 0 radical (unpaired) electrons. The average molecular weight is 350 g/mol. The van der Waals surface area contributed by atoms with Gasteiger partial charge >= 0.3 is 0 Å². The van der Waals surface area contributed by atoms with Crippen LogP contribution in [0.2, 0.25) is 0 Å². The van der Waals surface area contributed by atoms with Crippen molar-refractivity contribution >= 4 is 34.4 Å². The van der Waals surface area contributed by atoms with Crippen LogP contribution in [0, 0.1) is 11.8 Å². The number of aromatic amines is 1. The van der Waals surface area contributed by atoms with Crippen molar-refractivity contribution in [1.29, 1.82) is 0 Å². The zero-order valence-corrected chi connectivity index (χ0v) is 15.0. The number of imidazole rings is 1. The van der Waals surface area contributed by atoms with Gasteiger partial charge in [0, 0.05) is 22.7 Å². The van der Waals surface area contributed by atoms with Gasteiger partial charge in [0.15, 0.2) is 5.78 Å². The van der Waals surface area contributed by atoms with E-state index in [1.807, 2.05) is 20.8 Å². The summed E-state index contributed by atoms with van der Waals surface area (Å²) in [5.41, 5.74) is 8.70. The molecule has 0 aliphatic rings. The molecule has 0 bridgehead atoms. The van der Waals surface area contributed by atoms with E-state index in [0.29, 0.717) is 33.8 Å². The quantitative estimate of drug-likeness (QED) is 0.480. The number of nitrogen functional groups attached to an aromatic ring is 1. The SMILES string of the molecule is CC(C)C(C)C(=O)c1ccc2nc(NC(=O)c3cccc(N)c3)[nH]c2c1. The van der Waals surface area contributed by atoms with Gasteiger partial charge in [-0.05, 0) is 42.3 Å². The van der Waals surface area contributed by atoms with Crippen molar-refractivity contribution in [2.75, 3.05) is 11.1 Å². The summed E-state index contributed by atoms with van der Waals surface area (Å²) in [6.07, 6.45) is 0. The minimum absolute atomic E-state index is 0.0573. The van der Waals surface area contributed by atoms with Crippen molar-refractivity contribution in [2.45, 2.75) is 20.8 Å². The Balaban J connectivity index is 1.83. The number of aromatic nitrogens is 2. The largest absolute Gasteiger partial charge is 0.399 e. The van der Waals surface area contributed by atoms with Gasteiger partial charge in [0.2, 0.25) is 5.95 Å². The Hall–Kier alpha value is -3.15. The van der Waals surface area contributed by atoms with E-state index in [1.54, 1.807) is 42.5 Å². The molecular formula is C20H22N4O2. The van der Waals surface area contributed by atoms with Crippen molar-refractivity contribution in [3.8, 4) is 0 Å². The van der Waals surface area contributed by atoms with Gasteiger partial charge in [-0.1, -0.05) is 26.8 Å². The highest BCUT2D eigenvalue weighted by Crippen LogP contribution is 2.21. The van der Waals surface area contributed by atoms with E-state index in [1.165, 1.54) is 0 Å². The highest BCUT2D eigenvalue weighted by molar-refractivity contribution is 6.05. The third kappa shape index (κ3) is 3.59. The van der Waals surface area contributed by atoms with Crippen LogP contribution in [-0.2, 0) is 0 Å². The fourth-order valence-electron chi connectivity index (χ4n) is 2.65. The number of ketones is 1. The lowest BCUT2D eigenvalue weighted by Crippen LogP contribution is -2.16. The summed E-state index contributed by atoms with van der Waals surface area (Å²) in [5.74, 6) is 0.336. The number of nitrogens with two attached hydrogens (primary N) is 1. The van der Waals surface area contributed by atoms with E-state index >= 15 is 0 Å². The van der Waals surface area contributed by atoms with E-state index in [2.05, 4.69) is 15.3 Å². The average Bonchev–Trinajstić information content (AvgIpc) is 3.01. The monoisotopic (exact) mass is 350 g/mol. The molecule has 1 atom stereocenters. The molecule has 3 rings (SSSR count). The first-order valence-corrected chi connectivity index (χ1v) is 8.56. The second kappa shape index (κ2) is 7.00. The Bertz CT molecular complexity index is 975. The number of rotatable bonds is 5.